The summed E-state index contributed by atoms with van der Waals surface area (Å²) in [6.45, 7) is 0. The molecule has 98 valence electrons. The first-order chi connectivity index (χ1) is 8.70. The highest BCUT2D eigenvalue weighted by Crippen LogP contribution is 2.34. The molecule has 1 saturated carbocycles. The van der Waals surface area contributed by atoms with Crippen molar-refractivity contribution in [1.82, 2.24) is 0 Å². The lowest BCUT2D eigenvalue weighted by Crippen LogP contribution is -1.99. The molecule has 0 spiro atoms. The summed E-state index contributed by atoms with van der Waals surface area (Å²) in [6, 6.07) is 5.03. The average molecular weight is 266 g/mol. The van der Waals surface area contributed by atoms with E-state index in [0.29, 0.717) is 0 Å². The zero-order valence-corrected chi connectivity index (χ0v) is 11.3. The lowest BCUT2D eigenvalue weighted by molar-refractivity contribution is -0.384. The largest absolute Gasteiger partial charge is 0.388 e. The molecule has 1 aliphatic rings. The maximum absolute atomic E-state index is 10.8. The van der Waals surface area contributed by atoms with Crippen LogP contribution in [0.4, 0.5) is 11.4 Å². The Hall–Kier alpha value is -1.23. The van der Waals surface area contributed by atoms with Crippen LogP contribution >= 0.6 is 11.8 Å². The third-order valence-electron chi connectivity index (χ3n) is 3.35. The van der Waals surface area contributed by atoms with Crippen molar-refractivity contribution < 1.29 is 4.92 Å². The number of non-ortho nitro benzene ring substituents is 1. The highest BCUT2D eigenvalue weighted by Gasteiger charge is 2.17. The molecule has 1 aromatic rings. The van der Waals surface area contributed by atoms with Gasteiger partial charge in [-0.1, -0.05) is 12.8 Å². The smallest absolute Gasteiger partial charge is 0.269 e. The second-order valence-electron chi connectivity index (χ2n) is 4.57. The van der Waals surface area contributed by atoms with E-state index in [1.165, 1.54) is 25.7 Å². The van der Waals surface area contributed by atoms with E-state index in [9.17, 15) is 10.1 Å². The monoisotopic (exact) mass is 266 g/mol. The number of nitro benzene ring substituents is 1. The maximum atomic E-state index is 10.8. The second-order valence-corrected chi connectivity index (χ2v) is 5.85. The van der Waals surface area contributed by atoms with Crippen molar-refractivity contribution >= 4 is 23.1 Å². The van der Waals surface area contributed by atoms with Crippen molar-refractivity contribution in [1.29, 1.82) is 0 Å². The summed E-state index contributed by atoms with van der Waals surface area (Å²) in [5, 5.41) is 14.6. The summed E-state index contributed by atoms with van der Waals surface area (Å²) in [7, 11) is 1.85. The van der Waals surface area contributed by atoms with Crippen LogP contribution in [0, 0.1) is 10.1 Å². The molecule has 0 atom stereocenters. The fourth-order valence-electron chi connectivity index (χ4n) is 2.32. The molecule has 0 radical (unpaired) electrons. The van der Waals surface area contributed by atoms with Crippen LogP contribution in [0.1, 0.15) is 31.2 Å². The molecule has 1 N–H and O–H groups in total. The fraction of sp³-hybridized carbons (Fsp3) is 0.538. The lowest BCUT2D eigenvalue weighted by atomic mass is 10.2. The summed E-state index contributed by atoms with van der Waals surface area (Å²) < 4.78 is 0. The number of nitro groups is 1. The SMILES string of the molecule is CNc1ccc([N+](=O)[O-])cc1CSC1CCCC1. The van der Waals surface area contributed by atoms with E-state index in [4.69, 9.17) is 0 Å². The van der Waals surface area contributed by atoms with E-state index in [2.05, 4.69) is 5.32 Å². The Balaban J connectivity index is 2.08. The van der Waals surface area contributed by atoms with E-state index < -0.39 is 0 Å². The van der Waals surface area contributed by atoms with Crippen LogP contribution in [-0.4, -0.2) is 17.2 Å². The van der Waals surface area contributed by atoms with Gasteiger partial charge in [0.1, 0.15) is 0 Å². The van der Waals surface area contributed by atoms with Gasteiger partial charge in [0.05, 0.1) is 4.92 Å². The summed E-state index contributed by atoms with van der Waals surface area (Å²) in [4.78, 5) is 10.5. The number of anilines is 1. The first-order valence-electron chi connectivity index (χ1n) is 6.27. The van der Waals surface area contributed by atoms with Crippen LogP contribution in [0.3, 0.4) is 0 Å². The first kappa shape index (κ1) is 13.2. The Bertz CT molecular complexity index is 431. The predicted octanol–water partition coefficient (Wildman–Crippen LogP) is 3.81. The molecular formula is C13H18N2O2S. The highest BCUT2D eigenvalue weighted by atomic mass is 32.2. The molecule has 0 bridgehead atoms. The number of benzene rings is 1. The van der Waals surface area contributed by atoms with Gasteiger partial charge in [-0.15, -0.1) is 0 Å². The molecule has 1 fully saturated rings. The standard InChI is InChI=1S/C13H18N2O2S/c1-14-13-7-6-11(15(16)17)8-10(13)9-18-12-4-2-3-5-12/h6-8,12,14H,2-5,9H2,1H3. The third-order valence-corrected chi connectivity index (χ3v) is 4.77. The van der Waals surface area contributed by atoms with Gasteiger partial charge in [0.15, 0.2) is 0 Å². The second kappa shape index (κ2) is 6.09. The van der Waals surface area contributed by atoms with Gasteiger partial charge in [-0.2, -0.15) is 11.8 Å². The molecule has 2 rings (SSSR count). The Morgan fingerprint density at radius 3 is 2.78 bits per heavy atom. The Morgan fingerprint density at radius 1 is 1.44 bits per heavy atom. The number of hydrogen-bond donors (Lipinski definition) is 1. The van der Waals surface area contributed by atoms with Crippen molar-refractivity contribution in [3.8, 4) is 0 Å². The van der Waals surface area contributed by atoms with Crippen LogP contribution in [0.2, 0.25) is 0 Å². The number of nitrogens with zero attached hydrogens (tertiary/aromatic N) is 1. The molecule has 0 aromatic heterocycles. The Kier molecular flexibility index (Phi) is 4.47. The fourth-order valence-corrected chi connectivity index (χ4v) is 3.64. The molecule has 0 saturated heterocycles. The minimum absolute atomic E-state index is 0.177. The van der Waals surface area contributed by atoms with Crippen molar-refractivity contribution in [3.63, 3.8) is 0 Å². The number of thioether (sulfide) groups is 1. The van der Waals surface area contributed by atoms with Gasteiger partial charge in [-0.25, -0.2) is 0 Å². The van der Waals surface area contributed by atoms with Crippen molar-refractivity contribution in [2.75, 3.05) is 12.4 Å². The van der Waals surface area contributed by atoms with Crippen molar-refractivity contribution in [2.24, 2.45) is 0 Å². The van der Waals surface area contributed by atoms with Gasteiger partial charge in [-0.3, -0.25) is 10.1 Å². The molecule has 4 nitrogen and oxygen atoms in total. The molecule has 18 heavy (non-hydrogen) atoms. The molecule has 0 heterocycles. The van der Waals surface area contributed by atoms with Gasteiger partial charge >= 0.3 is 0 Å². The quantitative estimate of drug-likeness (QED) is 0.650. The zero-order valence-electron chi connectivity index (χ0n) is 10.5. The summed E-state index contributed by atoms with van der Waals surface area (Å²) >= 11 is 1.92. The zero-order chi connectivity index (χ0) is 13.0. The van der Waals surface area contributed by atoms with Crippen LogP contribution in [-0.2, 0) is 5.75 Å². The van der Waals surface area contributed by atoms with Gasteiger partial charge in [-0.05, 0) is 24.5 Å². The van der Waals surface area contributed by atoms with Gasteiger partial charge in [0.2, 0.25) is 0 Å². The Morgan fingerprint density at radius 2 is 2.17 bits per heavy atom. The number of hydrogen-bond acceptors (Lipinski definition) is 4. The van der Waals surface area contributed by atoms with Crippen LogP contribution in [0.15, 0.2) is 18.2 Å². The molecule has 0 amide bonds. The molecule has 0 unspecified atom stereocenters. The molecule has 1 aliphatic carbocycles. The molecule has 1 aromatic carbocycles. The highest BCUT2D eigenvalue weighted by molar-refractivity contribution is 7.99. The lowest BCUT2D eigenvalue weighted by Gasteiger charge is -2.12. The van der Waals surface area contributed by atoms with Crippen LogP contribution in [0.25, 0.3) is 0 Å². The third kappa shape index (κ3) is 3.16. The molecular weight excluding hydrogens is 248 g/mol. The van der Waals surface area contributed by atoms with Crippen molar-refractivity contribution in [3.05, 3.63) is 33.9 Å². The van der Waals surface area contributed by atoms with Gasteiger partial charge in [0.25, 0.3) is 5.69 Å². The topological polar surface area (TPSA) is 55.2 Å². The van der Waals surface area contributed by atoms with Gasteiger partial charge < -0.3 is 5.32 Å². The summed E-state index contributed by atoms with van der Waals surface area (Å²) in [5.41, 5.74) is 2.20. The van der Waals surface area contributed by atoms with Crippen LogP contribution in [0.5, 0.6) is 0 Å². The minimum Gasteiger partial charge on any atom is -0.388 e. The van der Waals surface area contributed by atoms with E-state index in [1.54, 1.807) is 18.2 Å². The summed E-state index contributed by atoms with van der Waals surface area (Å²) in [6.07, 6.45) is 5.22. The van der Waals surface area contributed by atoms with Gasteiger partial charge in [0, 0.05) is 35.9 Å². The van der Waals surface area contributed by atoms with E-state index >= 15 is 0 Å². The average Bonchev–Trinajstić information content (AvgIpc) is 2.89. The van der Waals surface area contributed by atoms with E-state index in [1.807, 2.05) is 18.8 Å². The molecule has 0 aliphatic heterocycles. The van der Waals surface area contributed by atoms with Crippen molar-refractivity contribution in [2.45, 2.75) is 36.7 Å². The minimum atomic E-state index is -0.330. The van der Waals surface area contributed by atoms with E-state index in [-0.39, 0.29) is 10.6 Å². The number of nitrogens with one attached hydrogen (secondary N) is 1. The normalized spacial score (nSPS) is 15.8. The predicted molar refractivity (Wildman–Crippen MR) is 76.2 cm³/mol. The molecule has 5 heteroatoms. The van der Waals surface area contributed by atoms with Crippen LogP contribution < -0.4 is 5.32 Å². The van der Waals surface area contributed by atoms with E-state index in [0.717, 1.165) is 22.3 Å². The first-order valence-corrected chi connectivity index (χ1v) is 7.32. The maximum Gasteiger partial charge on any atom is 0.269 e. The Labute approximate surface area is 111 Å². The summed E-state index contributed by atoms with van der Waals surface area (Å²) in [5.74, 6) is 0.850. The number of rotatable bonds is 5.